The lowest BCUT2D eigenvalue weighted by molar-refractivity contribution is -0.253. The maximum Gasteiger partial charge on any atom is 0.461 e. The molecule has 1 amide bonds. The van der Waals surface area contributed by atoms with Gasteiger partial charge in [-0.05, 0) is 56.4 Å². The number of esters is 1. The van der Waals surface area contributed by atoms with Crippen LogP contribution in [0.5, 0.6) is 5.75 Å². The van der Waals surface area contributed by atoms with Crippen molar-refractivity contribution in [2.45, 2.75) is 45.1 Å². The van der Waals surface area contributed by atoms with E-state index < -0.39 is 30.2 Å². The van der Waals surface area contributed by atoms with Crippen molar-refractivity contribution in [3.05, 3.63) is 45.8 Å². The second kappa shape index (κ2) is 9.03. The molecular weight excluding hydrogens is 426 g/mol. The Morgan fingerprint density at radius 1 is 1.23 bits per heavy atom. The summed E-state index contributed by atoms with van der Waals surface area (Å²) < 4.78 is 60.1. The van der Waals surface area contributed by atoms with Gasteiger partial charge in [0.15, 0.2) is 0 Å². The van der Waals surface area contributed by atoms with Gasteiger partial charge >= 0.3 is 18.5 Å². The molecule has 1 aromatic heterocycles. The van der Waals surface area contributed by atoms with Gasteiger partial charge in [-0.1, -0.05) is 6.07 Å². The average molecular weight is 445 g/mol. The number of carbonyl (C=O) groups is 2. The van der Waals surface area contributed by atoms with Crippen LogP contribution in [0.2, 0.25) is 0 Å². The van der Waals surface area contributed by atoms with Gasteiger partial charge in [0.2, 0.25) is 0 Å². The minimum atomic E-state index is -4.68. The Balaban J connectivity index is 1.85. The molecule has 10 heteroatoms. The Bertz CT molecular complexity index is 945. The largest absolute Gasteiger partial charge is 0.462 e. The van der Waals surface area contributed by atoms with Crippen LogP contribution in [0.4, 0.5) is 22.6 Å². The Labute approximate surface area is 174 Å². The molecule has 1 N–H and O–H groups in total. The molecular formula is C20H19F4NO4S. The number of carbonyl (C=O) groups excluding carboxylic acids is 2. The number of rotatable bonds is 7. The van der Waals surface area contributed by atoms with Crippen molar-refractivity contribution in [3.8, 4) is 5.75 Å². The molecule has 0 saturated heterocycles. The van der Waals surface area contributed by atoms with E-state index in [1.54, 1.807) is 6.92 Å². The van der Waals surface area contributed by atoms with Crippen LogP contribution in [0.25, 0.3) is 0 Å². The van der Waals surface area contributed by atoms with Gasteiger partial charge in [-0.2, -0.15) is 17.6 Å². The zero-order chi connectivity index (χ0) is 21.9. The standard InChI is InChI=1S/C20H19F4NO4S/c1-2-28-18(27)15-13-8-3-4-9-14(13)30-17(15)25-16(26)11-6-5-7-12(10-11)29-20(23,24)19(21)22/h5-7,10,19H,2-4,8-9H2,1H3,(H,25,26). The summed E-state index contributed by atoms with van der Waals surface area (Å²) in [7, 11) is 0. The minimum Gasteiger partial charge on any atom is -0.462 e. The first kappa shape index (κ1) is 22.1. The summed E-state index contributed by atoms with van der Waals surface area (Å²) in [6.07, 6.45) is -5.32. The molecule has 0 fully saturated rings. The molecule has 30 heavy (non-hydrogen) atoms. The van der Waals surface area contributed by atoms with Crippen molar-refractivity contribution in [2.75, 3.05) is 11.9 Å². The number of fused-ring (bicyclic) bond motifs is 1. The summed E-state index contributed by atoms with van der Waals surface area (Å²) in [5, 5.41) is 2.94. The second-order valence-corrected chi connectivity index (χ2v) is 7.69. The Morgan fingerprint density at radius 3 is 2.67 bits per heavy atom. The topological polar surface area (TPSA) is 64.6 Å². The van der Waals surface area contributed by atoms with Crippen LogP contribution >= 0.6 is 11.3 Å². The summed E-state index contributed by atoms with van der Waals surface area (Å²) >= 11 is 1.27. The van der Waals surface area contributed by atoms with Gasteiger partial charge < -0.3 is 14.8 Å². The highest BCUT2D eigenvalue weighted by molar-refractivity contribution is 7.17. The molecule has 1 aliphatic carbocycles. The van der Waals surface area contributed by atoms with Crippen molar-refractivity contribution in [1.29, 1.82) is 0 Å². The van der Waals surface area contributed by atoms with Crippen LogP contribution in [0.1, 0.15) is 50.9 Å². The summed E-state index contributed by atoms with van der Waals surface area (Å²) in [6, 6.07) is 4.53. The number of hydrogen-bond acceptors (Lipinski definition) is 5. The first-order valence-corrected chi connectivity index (χ1v) is 10.1. The first-order valence-electron chi connectivity index (χ1n) is 9.31. The van der Waals surface area contributed by atoms with Gasteiger partial charge in [-0.15, -0.1) is 11.3 Å². The fourth-order valence-corrected chi connectivity index (χ4v) is 4.42. The maximum atomic E-state index is 13.1. The maximum absolute atomic E-state index is 13.1. The normalized spacial score (nSPS) is 13.7. The molecule has 0 radical (unpaired) electrons. The summed E-state index contributed by atoms with van der Waals surface area (Å²) in [5.41, 5.74) is 1.08. The third-order valence-electron chi connectivity index (χ3n) is 4.48. The Morgan fingerprint density at radius 2 is 1.97 bits per heavy atom. The highest BCUT2D eigenvalue weighted by Gasteiger charge is 2.44. The molecule has 3 rings (SSSR count). The molecule has 0 unspecified atom stereocenters. The van der Waals surface area contributed by atoms with E-state index in [1.807, 2.05) is 0 Å². The first-order chi connectivity index (χ1) is 14.2. The lowest BCUT2D eigenvalue weighted by Crippen LogP contribution is -2.33. The van der Waals surface area contributed by atoms with Gasteiger partial charge in [0.1, 0.15) is 10.8 Å². The van der Waals surface area contributed by atoms with E-state index in [9.17, 15) is 27.2 Å². The fourth-order valence-electron chi connectivity index (χ4n) is 3.15. The third kappa shape index (κ3) is 4.75. The molecule has 1 heterocycles. The number of halogens is 4. The van der Waals surface area contributed by atoms with Gasteiger partial charge in [-0.25, -0.2) is 4.79 Å². The van der Waals surface area contributed by atoms with Crippen molar-refractivity contribution < 1.29 is 36.6 Å². The quantitative estimate of drug-likeness (QED) is 0.465. The number of nitrogens with one attached hydrogen (secondary N) is 1. The smallest absolute Gasteiger partial charge is 0.461 e. The zero-order valence-corrected chi connectivity index (χ0v) is 16.8. The molecule has 0 saturated carbocycles. The van der Waals surface area contributed by atoms with Gasteiger partial charge in [-0.3, -0.25) is 4.79 Å². The SMILES string of the molecule is CCOC(=O)c1c(NC(=O)c2cccc(OC(F)(F)C(F)F)c2)sc2c1CCCC2. The molecule has 1 aromatic carbocycles. The second-order valence-electron chi connectivity index (χ2n) is 6.58. The number of hydrogen-bond donors (Lipinski definition) is 1. The molecule has 2 aromatic rings. The number of benzene rings is 1. The Kier molecular flexibility index (Phi) is 6.64. The molecule has 0 spiro atoms. The van der Waals surface area contributed by atoms with Crippen LogP contribution < -0.4 is 10.1 Å². The number of thiophene rings is 1. The Hall–Kier alpha value is -2.62. The fraction of sp³-hybridized carbons (Fsp3) is 0.400. The van der Waals surface area contributed by atoms with E-state index in [4.69, 9.17) is 4.74 Å². The lowest BCUT2D eigenvalue weighted by atomic mass is 9.95. The highest BCUT2D eigenvalue weighted by Crippen LogP contribution is 2.39. The van der Waals surface area contributed by atoms with Crippen LogP contribution in [0.15, 0.2) is 24.3 Å². The van der Waals surface area contributed by atoms with E-state index in [0.29, 0.717) is 17.0 Å². The predicted molar refractivity (Wildman–Crippen MR) is 103 cm³/mol. The zero-order valence-electron chi connectivity index (χ0n) is 16.0. The van der Waals surface area contributed by atoms with E-state index in [-0.39, 0.29) is 12.2 Å². The van der Waals surface area contributed by atoms with Gasteiger partial charge in [0, 0.05) is 10.4 Å². The summed E-state index contributed by atoms with van der Waals surface area (Å²) in [4.78, 5) is 26.1. The third-order valence-corrected chi connectivity index (χ3v) is 5.69. The van der Waals surface area contributed by atoms with Crippen molar-refractivity contribution in [3.63, 3.8) is 0 Å². The number of alkyl halides is 4. The van der Waals surface area contributed by atoms with E-state index >= 15 is 0 Å². The average Bonchev–Trinajstić information content (AvgIpc) is 3.05. The van der Waals surface area contributed by atoms with Gasteiger partial charge in [0.25, 0.3) is 5.91 Å². The molecule has 162 valence electrons. The van der Waals surface area contributed by atoms with E-state index in [1.165, 1.54) is 23.5 Å². The molecule has 0 atom stereocenters. The van der Waals surface area contributed by atoms with E-state index in [0.717, 1.165) is 41.8 Å². The molecule has 1 aliphatic rings. The number of aryl methyl sites for hydroxylation is 1. The number of amides is 1. The number of anilines is 1. The number of ether oxygens (including phenoxy) is 2. The summed E-state index contributed by atoms with van der Waals surface area (Å²) in [6.45, 7) is 1.85. The van der Waals surface area contributed by atoms with Crippen molar-refractivity contribution in [1.82, 2.24) is 0 Å². The minimum absolute atomic E-state index is 0.0845. The monoisotopic (exact) mass is 445 g/mol. The van der Waals surface area contributed by atoms with Crippen molar-refractivity contribution in [2.24, 2.45) is 0 Å². The van der Waals surface area contributed by atoms with Gasteiger partial charge in [0.05, 0.1) is 12.2 Å². The highest BCUT2D eigenvalue weighted by atomic mass is 32.1. The van der Waals surface area contributed by atoms with Crippen molar-refractivity contribution >= 4 is 28.2 Å². The van der Waals surface area contributed by atoms with Crippen LogP contribution in [-0.2, 0) is 17.6 Å². The van der Waals surface area contributed by atoms with Crippen LogP contribution in [-0.4, -0.2) is 31.0 Å². The predicted octanol–water partition coefficient (Wildman–Crippen LogP) is 5.29. The molecule has 0 aliphatic heterocycles. The molecule has 0 bridgehead atoms. The molecule has 5 nitrogen and oxygen atoms in total. The van der Waals surface area contributed by atoms with Crippen LogP contribution in [0, 0.1) is 0 Å². The van der Waals surface area contributed by atoms with E-state index in [2.05, 4.69) is 10.1 Å². The lowest BCUT2D eigenvalue weighted by Gasteiger charge is -2.17. The summed E-state index contributed by atoms with van der Waals surface area (Å²) in [5.74, 6) is -1.81. The van der Waals surface area contributed by atoms with Crippen LogP contribution in [0.3, 0.4) is 0 Å².